The Morgan fingerprint density at radius 3 is 2.26 bits per heavy atom. The minimum absolute atomic E-state index is 0.166. The summed E-state index contributed by atoms with van der Waals surface area (Å²) in [6.45, 7) is 6.22. The van der Waals surface area contributed by atoms with Gasteiger partial charge in [-0.2, -0.15) is 0 Å². The maximum absolute atomic E-state index is 13.3. The smallest absolute Gasteiger partial charge is 0.292 e. The summed E-state index contributed by atoms with van der Waals surface area (Å²) in [7, 11) is 1.76. The Balaban J connectivity index is 1.13. The number of carbonyl (C=O) groups is 2. The largest absolute Gasteiger partial charge is 0.369 e. The quantitative estimate of drug-likeness (QED) is 0.212. The number of benzene rings is 2. The van der Waals surface area contributed by atoms with Gasteiger partial charge in [0.1, 0.15) is 5.69 Å². The summed E-state index contributed by atoms with van der Waals surface area (Å²) >= 11 is 0. The van der Waals surface area contributed by atoms with Crippen molar-refractivity contribution in [3.8, 4) is 0 Å². The third-order valence-electron chi connectivity index (χ3n) is 8.14. The number of piperidine rings is 1. The fraction of sp³-hybridized carbons (Fsp3) is 0.429. The molecule has 0 saturated carbocycles. The molecule has 39 heavy (non-hydrogen) atoms. The van der Waals surface area contributed by atoms with Crippen molar-refractivity contribution in [3.05, 3.63) is 75.1 Å². The number of piperazine rings is 1. The lowest BCUT2D eigenvalue weighted by Crippen LogP contribution is -2.49. The third kappa shape index (κ3) is 4.56. The third-order valence-corrected chi connectivity index (χ3v) is 8.14. The zero-order chi connectivity index (χ0) is 27.1. The van der Waals surface area contributed by atoms with Crippen LogP contribution in [-0.2, 0) is 13.6 Å². The zero-order valence-corrected chi connectivity index (χ0v) is 22.1. The van der Waals surface area contributed by atoms with Gasteiger partial charge >= 0.3 is 0 Å². The summed E-state index contributed by atoms with van der Waals surface area (Å²) in [5.41, 5.74) is 3.32. The van der Waals surface area contributed by atoms with Crippen LogP contribution in [-0.4, -0.2) is 77.0 Å². The predicted octanol–water partition coefficient (Wildman–Crippen LogP) is 2.20. The van der Waals surface area contributed by atoms with Crippen LogP contribution in [0.15, 0.2) is 42.5 Å². The Bertz CT molecular complexity index is 1450. The number of rotatable bonds is 6. The molecule has 3 heterocycles. The van der Waals surface area contributed by atoms with E-state index in [9.17, 15) is 19.7 Å². The van der Waals surface area contributed by atoms with Crippen LogP contribution in [0.4, 0.5) is 17.1 Å². The molecule has 2 fully saturated rings. The lowest BCUT2D eigenvalue weighted by molar-refractivity contribution is -0.805. The molecule has 2 saturated heterocycles. The Labute approximate surface area is 226 Å². The van der Waals surface area contributed by atoms with Crippen molar-refractivity contribution >= 4 is 28.6 Å². The van der Waals surface area contributed by atoms with Gasteiger partial charge in [-0.05, 0) is 36.2 Å². The molecule has 11 nitrogen and oxygen atoms in total. The highest BCUT2D eigenvalue weighted by molar-refractivity contribution is 6.26. The van der Waals surface area contributed by atoms with Gasteiger partial charge in [0, 0.05) is 73.8 Å². The van der Waals surface area contributed by atoms with Crippen LogP contribution < -0.4 is 14.6 Å². The summed E-state index contributed by atoms with van der Waals surface area (Å²) in [5, 5.41) is 16.1. The van der Waals surface area contributed by atoms with E-state index in [0.29, 0.717) is 29.9 Å². The Hall–Kier alpha value is -4.12. The number of nitro groups is 1. The van der Waals surface area contributed by atoms with Gasteiger partial charge in [-0.25, -0.2) is 0 Å². The maximum atomic E-state index is 13.3. The van der Waals surface area contributed by atoms with E-state index in [1.807, 2.05) is 12.1 Å². The molecule has 0 radical (unpaired) electrons. The Kier molecular flexibility index (Phi) is 6.59. The minimum Gasteiger partial charge on any atom is -0.369 e. The van der Waals surface area contributed by atoms with E-state index >= 15 is 0 Å². The molecular formula is C28H32N7O4+. The molecule has 202 valence electrons. The minimum atomic E-state index is -0.280. The van der Waals surface area contributed by atoms with E-state index in [1.165, 1.54) is 6.42 Å². The topological polar surface area (TPSA) is 109 Å². The maximum Gasteiger partial charge on any atom is 0.292 e. The van der Waals surface area contributed by atoms with Gasteiger partial charge in [0.2, 0.25) is 17.3 Å². The number of aromatic nitrogens is 3. The zero-order valence-electron chi connectivity index (χ0n) is 22.1. The second-order valence-electron chi connectivity index (χ2n) is 10.4. The number of nitro benzene ring substituents is 1. The monoisotopic (exact) mass is 530 g/mol. The van der Waals surface area contributed by atoms with E-state index in [4.69, 9.17) is 0 Å². The molecule has 0 atom stereocenters. The molecule has 0 unspecified atom stereocenters. The van der Waals surface area contributed by atoms with Crippen molar-refractivity contribution < 1.29 is 19.3 Å². The van der Waals surface area contributed by atoms with Crippen LogP contribution in [0, 0.1) is 10.1 Å². The molecule has 1 aromatic heterocycles. The van der Waals surface area contributed by atoms with Gasteiger partial charge in [0.25, 0.3) is 5.69 Å². The van der Waals surface area contributed by atoms with Crippen molar-refractivity contribution in [3.63, 3.8) is 0 Å². The van der Waals surface area contributed by atoms with Crippen molar-refractivity contribution in [2.75, 3.05) is 55.6 Å². The molecule has 2 aromatic carbocycles. The van der Waals surface area contributed by atoms with Crippen LogP contribution in [0.5, 0.6) is 0 Å². The number of hydrogen-bond acceptors (Lipinski definition) is 8. The van der Waals surface area contributed by atoms with Crippen LogP contribution >= 0.6 is 0 Å². The van der Waals surface area contributed by atoms with Gasteiger partial charge in [-0.1, -0.05) is 24.3 Å². The normalized spacial score (nSPS) is 17.8. The molecule has 0 amide bonds. The van der Waals surface area contributed by atoms with E-state index < -0.39 is 0 Å². The van der Waals surface area contributed by atoms with Crippen molar-refractivity contribution in [2.45, 2.75) is 25.8 Å². The molecule has 3 aliphatic rings. The van der Waals surface area contributed by atoms with Crippen LogP contribution in [0.1, 0.15) is 51.4 Å². The van der Waals surface area contributed by atoms with E-state index in [0.717, 1.165) is 63.5 Å². The second kappa shape index (κ2) is 10.2. The van der Waals surface area contributed by atoms with E-state index in [-0.39, 0.29) is 27.9 Å². The summed E-state index contributed by atoms with van der Waals surface area (Å²) in [5.74, 6) is -0.379. The number of carbonyl (C=O) groups excluding carboxylic acids is 2. The first-order valence-corrected chi connectivity index (χ1v) is 13.6. The fourth-order valence-corrected chi connectivity index (χ4v) is 6.00. The number of hydrogen-bond donors (Lipinski definition) is 0. The second-order valence-corrected chi connectivity index (χ2v) is 10.4. The van der Waals surface area contributed by atoms with Crippen LogP contribution in [0.25, 0.3) is 0 Å². The first-order valence-electron chi connectivity index (χ1n) is 13.6. The van der Waals surface area contributed by atoms with E-state index in [1.54, 1.807) is 46.9 Å². The Morgan fingerprint density at radius 1 is 0.872 bits per heavy atom. The van der Waals surface area contributed by atoms with Crippen LogP contribution in [0.3, 0.4) is 0 Å². The molecular weight excluding hydrogens is 498 g/mol. The summed E-state index contributed by atoms with van der Waals surface area (Å²) in [6, 6.07) is 12.4. The lowest BCUT2D eigenvalue weighted by Gasteiger charge is -2.36. The first-order chi connectivity index (χ1) is 18.9. The number of aryl methyl sites for hydroxylation is 1. The highest BCUT2D eigenvalue weighted by Gasteiger charge is 2.39. The van der Waals surface area contributed by atoms with Gasteiger partial charge in [-0.3, -0.25) is 24.6 Å². The lowest BCUT2D eigenvalue weighted by atomic mass is 9.90. The average Bonchev–Trinajstić information content (AvgIpc) is 3.31. The van der Waals surface area contributed by atoms with Gasteiger partial charge in [0.15, 0.2) is 12.7 Å². The predicted molar refractivity (Wildman–Crippen MR) is 145 cm³/mol. The number of fused-ring (bicyclic) bond motifs is 2. The van der Waals surface area contributed by atoms with Gasteiger partial charge in [-0.15, -0.1) is 4.68 Å². The van der Waals surface area contributed by atoms with Crippen LogP contribution in [0.2, 0.25) is 0 Å². The molecule has 3 aromatic rings. The SMILES string of the molecule is C[n+]1nc2c(n1CCN1CCN(c3ccc([N+](=O)[O-])c(N4CCCCC4)c3)CC1)C(=O)c1ccccc1C2=O. The van der Waals surface area contributed by atoms with Crippen molar-refractivity contribution in [1.82, 2.24) is 14.7 Å². The molecule has 0 N–H and O–H groups in total. The molecule has 0 spiro atoms. The fourth-order valence-electron chi connectivity index (χ4n) is 6.00. The number of ketones is 2. The molecule has 11 heteroatoms. The summed E-state index contributed by atoms with van der Waals surface area (Å²) < 4.78 is 1.80. The molecule has 2 aliphatic heterocycles. The van der Waals surface area contributed by atoms with Crippen molar-refractivity contribution in [1.29, 1.82) is 0 Å². The number of anilines is 2. The summed E-state index contributed by atoms with van der Waals surface area (Å²) in [6.07, 6.45) is 3.29. The standard InChI is InChI=1S/C28H32N7O4/c1-30-29-25-26(28(37)22-8-4-3-7-21(22)27(25)36)34(30)18-15-31-13-16-32(17-14-31)20-9-10-23(35(38)39)24(19-20)33-11-5-2-6-12-33/h3-4,7-10,19H,2,5-6,11-18H2,1H3/q+1. The molecule has 0 bridgehead atoms. The molecule has 6 rings (SSSR count). The summed E-state index contributed by atoms with van der Waals surface area (Å²) in [4.78, 5) is 46.0. The number of nitrogens with zero attached hydrogens (tertiary/aromatic N) is 7. The Morgan fingerprint density at radius 2 is 1.56 bits per heavy atom. The van der Waals surface area contributed by atoms with E-state index in [2.05, 4.69) is 19.8 Å². The highest BCUT2D eigenvalue weighted by Crippen LogP contribution is 2.34. The first kappa shape index (κ1) is 25.2. The van der Waals surface area contributed by atoms with Gasteiger partial charge in [0.05, 0.1) is 11.5 Å². The van der Waals surface area contributed by atoms with Gasteiger partial charge < -0.3 is 9.80 Å². The molecule has 1 aliphatic carbocycles. The van der Waals surface area contributed by atoms with Crippen molar-refractivity contribution in [2.24, 2.45) is 7.05 Å². The highest BCUT2D eigenvalue weighted by atomic mass is 16.6. The average molecular weight is 531 g/mol.